The van der Waals surface area contributed by atoms with Gasteiger partial charge in [0.15, 0.2) is 0 Å². The van der Waals surface area contributed by atoms with Crippen LogP contribution in [0.1, 0.15) is 50.8 Å². The van der Waals surface area contributed by atoms with Crippen LogP contribution in [0.4, 0.5) is 0 Å². The highest BCUT2D eigenvalue weighted by molar-refractivity contribution is 5.85. The standard InChI is InChI=1S/C19H28N2O.ClH/c1-4-14-6-8-15(9-7-14)17-13-20-10-11-21(17)18(22)16-12-19(16,3)5-2;/h6-9,16-17,20H,4-5,10-13H2,1-3H3;1H. The fraction of sp³-hybridized carbons (Fsp3) is 0.632. The fourth-order valence-electron chi connectivity index (χ4n) is 3.63. The second kappa shape index (κ2) is 7.23. The summed E-state index contributed by atoms with van der Waals surface area (Å²) in [5, 5.41) is 3.45. The molecule has 23 heavy (non-hydrogen) atoms. The maximum atomic E-state index is 12.9. The summed E-state index contributed by atoms with van der Waals surface area (Å²) in [6, 6.07) is 8.97. The van der Waals surface area contributed by atoms with Crippen LogP contribution >= 0.6 is 12.4 Å². The number of nitrogens with zero attached hydrogens (tertiary/aromatic N) is 1. The number of aryl methyl sites for hydroxylation is 1. The molecule has 1 aliphatic heterocycles. The molecular formula is C19H29ClN2O. The Morgan fingerprint density at radius 1 is 1.30 bits per heavy atom. The van der Waals surface area contributed by atoms with Gasteiger partial charge in [0.2, 0.25) is 5.91 Å². The SMILES string of the molecule is CCc1ccc(C2CNCCN2C(=O)C2CC2(C)CC)cc1.Cl. The van der Waals surface area contributed by atoms with Crippen molar-refractivity contribution in [2.45, 2.75) is 46.1 Å². The molecule has 1 aliphatic carbocycles. The van der Waals surface area contributed by atoms with Gasteiger partial charge >= 0.3 is 0 Å². The molecule has 2 aliphatic rings. The molecule has 0 radical (unpaired) electrons. The summed E-state index contributed by atoms with van der Waals surface area (Å²) in [4.78, 5) is 15.1. The Labute approximate surface area is 146 Å². The largest absolute Gasteiger partial charge is 0.333 e. The Morgan fingerprint density at radius 3 is 2.57 bits per heavy atom. The van der Waals surface area contributed by atoms with Crippen LogP contribution in [-0.2, 0) is 11.2 Å². The Morgan fingerprint density at radius 2 is 2.00 bits per heavy atom. The predicted octanol–water partition coefficient (Wildman–Crippen LogP) is 3.58. The van der Waals surface area contributed by atoms with Gasteiger partial charge in [-0.05, 0) is 35.8 Å². The van der Waals surface area contributed by atoms with Crippen LogP contribution in [0.15, 0.2) is 24.3 Å². The highest BCUT2D eigenvalue weighted by Gasteiger charge is 2.54. The number of rotatable bonds is 4. The van der Waals surface area contributed by atoms with Gasteiger partial charge in [-0.2, -0.15) is 0 Å². The van der Waals surface area contributed by atoms with Crippen molar-refractivity contribution in [3.63, 3.8) is 0 Å². The van der Waals surface area contributed by atoms with Crippen molar-refractivity contribution in [2.75, 3.05) is 19.6 Å². The minimum Gasteiger partial charge on any atom is -0.333 e. The summed E-state index contributed by atoms with van der Waals surface area (Å²) < 4.78 is 0. The lowest BCUT2D eigenvalue weighted by atomic mass is 9.98. The lowest BCUT2D eigenvalue weighted by Gasteiger charge is -2.37. The molecule has 3 rings (SSSR count). The Hall–Kier alpha value is -1.06. The van der Waals surface area contributed by atoms with Gasteiger partial charge in [0.25, 0.3) is 0 Å². The number of benzene rings is 1. The van der Waals surface area contributed by atoms with Crippen molar-refractivity contribution in [1.82, 2.24) is 10.2 Å². The monoisotopic (exact) mass is 336 g/mol. The number of hydrogen-bond acceptors (Lipinski definition) is 2. The zero-order chi connectivity index (χ0) is 15.7. The minimum atomic E-state index is 0. The molecule has 0 spiro atoms. The molecule has 4 heteroatoms. The zero-order valence-electron chi connectivity index (χ0n) is 14.5. The summed E-state index contributed by atoms with van der Waals surface area (Å²) in [6.07, 6.45) is 3.22. The van der Waals surface area contributed by atoms with Gasteiger partial charge in [-0.15, -0.1) is 12.4 Å². The summed E-state index contributed by atoms with van der Waals surface area (Å²) in [5.74, 6) is 0.614. The average molecular weight is 337 g/mol. The first-order valence-electron chi connectivity index (χ1n) is 8.69. The van der Waals surface area contributed by atoms with Crippen molar-refractivity contribution in [1.29, 1.82) is 0 Å². The third-order valence-electron chi connectivity index (χ3n) is 5.76. The van der Waals surface area contributed by atoms with Gasteiger partial charge in [0.05, 0.1) is 6.04 Å². The second-order valence-electron chi connectivity index (χ2n) is 7.11. The van der Waals surface area contributed by atoms with Crippen molar-refractivity contribution >= 4 is 18.3 Å². The number of carbonyl (C=O) groups excluding carboxylic acids is 1. The maximum absolute atomic E-state index is 12.9. The zero-order valence-corrected chi connectivity index (χ0v) is 15.3. The third kappa shape index (κ3) is 3.56. The topological polar surface area (TPSA) is 32.3 Å². The van der Waals surface area contributed by atoms with Crippen molar-refractivity contribution in [3.8, 4) is 0 Å². The molecule has 3 nitrogen and oxygen atoms in total. The second-order valence-corrected chi connectivity index (χ2v) is 7.11. The van der Waals surface area contributed by atoms with Gasteiger partial charge in [-0.1, -0.05) is 45.0 Å². The highest BCUT2D eigenvalue weighted by atomic mass is 35.5. The van der Waals surface area contributed by atoms with E-state index >= 15 is 0 Å². The van der Waals surface area contributed by atoms with E-state index < -0.39 is 0 Å². The molecule has 128 valence electrons. The van der Waals surface area contributed by atoms with Crippen molar-refractivity contribution in [2.24, 2.45) is 11.3 Å². The van der Waals surface area contributed by atoms with Crippen LogP contribution in [0.25, 0.3) is 0 Å². The fourth-order valence-corrected chi connectivity index (χ4v) is 3.63. The molecule has 3 unspecified atom stereocenters. The summed E-state index contributed by atoms with van der Waals surface area (Å²) >= 11 is 0. The molecule has 3 atom stereocenters. The van der Waals surface area contributed by atoms with Crippen LogP contribution in [0.5, 0.6) is 0 Å². The molecule has 1 heterocycles. The van der Waals surface area contributed by atoms with E-state index in [1.165, 1.54) is 11.1 Å². The Kier molecular flexibility index (Phi) is 5.74. The maximum Gasteiger partial charge on any atom is 0.226 e. The first kappa shape index (κ1) is 18.3. The van der Waals surface area contributed by atoms with Gasteiger partial charge in [0.1, 0.15) is 0 Å². The molecule has 1 saturated carbocycles. The van der Waals surface area contributed by atoms with Gasteiger partial charge in [0, 0.05) is 25.6 Å². The van der Waals surface area contributed by atoms with Crippen LogP contribution in [0.2, 0.25) is 0 Å². The molecule has 0 bridgehead atoms. The lowest BCUT2D eigenvalue weighted by Crippen LogP contribution is -2.49. The number of carbonyl (C=O) groups is 1. The van der Waals surface area contributed by atoms with Crippen molar-refractivity contribution in [3.05, 3.63) is 35.4 Å². The van der Waals surface area contributed by atoms with Gasteiger partial charge in [-0.3, -0.25) is 4.79 Å². The van der Waals surface area contributed by atoms with Crippen LogP contribution in [-0.4, -0.2) is 30.4 Å². The molecule has 2 fully saturated rings. The highest BCUT2D eigenvalue weighted by Crippen LogP contribution is 2.56. The summed E-state index contributed by atoms with van der Waals surface area (Å²) in [6.45, 7) is 9.23. The number of hydrogen-bond donors (Lipinski definition) is 1. The molecule has 1 aromatic rings. The number of nitrogens with one attached hydrogen (secondary N) is 1. The Bertz CT molecular complexity index is 545. The van der Waals surface area contributed by atoms with E-state index in [1.54, 1.807) is 0 Å². The van der Waals surface area contributed by atoms with Crippen LogP contribution in [0, 0.1) is 11.3 Å². The molecule has 1 amide bonds. The predicted molar refractivity (Wildman–Crippen MR) is 96.9 cm³/mol. The molecule has 1 N–H and O–H groups in total. The van der Waals surface area contributed by atoms with E-state index in [2.05, 4.69) is 55.3 Å². The summed E-state index contributed by atoms with van der Waals surface area (Å²) in [7, 11) is 0. The van der Waals surface area contributed by atoms with E-state index in [9.17, 15) is 4.79 Å². The number of piperazine rings is 1. The lowest BCUT2D eigenvalue weighted by molar-refractivity contribution is -0.136. The molecule has 0 aromatic heterocycles. The van der Waals surface area contributed by atoms with Gasteiger partial charge < -0.3 is 10.2 Å². The first-order valence-corrected chi connectivity index (χ1v) is 8.69. The van der Waals surface area contributed by atoms with E-state index in [-0.39, 0.29) is 29.8 Å². The molecular weight excluding hydrogens is 308 g/mol. The summed E-state index contributed by atoms with van der Waals surface area (Å²) in [5.41, 5.74) is 2.86. The van der Waals surface area contributed by atoms with E-state index in [1.807, 2.05) is 0 Å². The van der Waals surface area contributed by atoms with E-state index in [0.717, 1.165) is 38.9 Å². The number of amides is 1. The number of halogens is 1. The quantitative estimate of drug-likeness (QED) is 0.911. The molecule has 1 aromatic carbocycles. The minimum absolute atomic E-state index is 0. The Balaban J connectivity index is 0.00000192. The first-order chi connectivity index (χ1) is 10.6. The van der Waals surface area contributed by atoms with Crippen molar-refractivity contribution < 1.29 is 4.79 Å². The molecule has 1 saturated heterocycles. The third-order valence-corrected chi connectivity index (χ3v) is 5.76. The smallest absolute Gasteiger partial charge is 0.226 e. The van der Waals surface area contributed by atoms with Crippen LogP contribution in [0.3, 0.4) is 0 Å². The van der Waals surface area contributed by atoms with E-state index in [0.29, 0.717) is 5.91 Å². The van der Waals surface area contributed by atoms with Gasteiger partial charge in [-0.25, -0.2) is 0 Å². The average Bonchev–Trinajstić information content (AvgIpc) is 3.27. The van der Waals surface area contributed by atoms with Crippen LogP contribution < -0.4 is 5.32 Å². The van der Waals surface area contributed by atoms with E-state index in [4.69, 9.17) is 0 Å². The normalized spacial score (nSPS) is 29.8.